The van der Waals surface area contributed by atoms with E-state index in [1.165, 1.54) is 12.8 Å². The molecule has 0 saturated heterocycles. The molecule has 0 unspecified atom stereocenters. The molecule has 6 nitrogen and oxygen atoms in total. The Morgan fingerprint density at radius 2 is 2.14 bits per heavy atom. The van der Waals surface area contributed by atoms with Gasteiger partial charge >= 0.3 is 0 Å². The second-order valence-corrected chi connectivity index (χ2v) is 5.46. The van der Waals surface area contributed by atoms with Crippen molar-refractivity contribution in [3.63, 3.8) is 0 Å². The number of aromatic nitrogens is 4. The van der Waals surface area contributed by atoms with Crippen LogP contribution in [0, 0.1) is 0 Å². The van der Waals surface area contributed by atoms with E-state index in [0.29, 0.717) is 24.2 Å². The number of fused-ring (bicyclic) bond motifs is 1. The van der Waals surface area contributed by atoms with E-state index < -0.39 is 0 Å². The molecule has 1 saturated carbocycles. The van der Waals surface area contributed by atoms with Crippen LogP contribution in [0.15, 0.2) is 28.8 Å². The van der Waals surface area contributed by atoms with Gasteiger partial charge in [0, 0.05) is 19.0 Å². The molecule has 1 aromatic carbocycles. The predicted molar refractivity (Wildman–Crippen MR) is 77.9 cm³/mol. The summed E-state index contributed by atoms with van der Waals surface area (Å²) >= 11 is 0. The Morgan fingerprint density at radius 1 is 1.24 bits per heavy atom. The second kappa shape index (κ2) is 5.29. The van der Waals surface area contributed by atoms with Crippen LogP contribution in [-0.4, -0.2) is 32.7 Å². The molecule has 1 aliphatic rings. The highest BCUT2D eigenvalue weighted by Gasteiger charge is 2.20. The van der Waals surface area contributed by atoms with Crippen molar-refractivity contribution >= 4 is 11.0 Å². The lowest BCUT2D eigenvalue weighted by Crippen LogP contribution is -2.19. The van der Waals surface area contributed by atoms with Gasteiger partial charge in [-0.3, -0.25) is 0 Å². The van der Waals surface area contributed by atoms with E-state index in [2.05, 4.69) is 25.4 Å². The Morgan fingerprint density at radius 3 is 3.00 bits per heavy atom. The molecule has 108 valence electrons. The maximum atomic E-state index is 5.27. The Hall–Kier alpha value is -2.21. The van der Waals surface area contributed by atoms with Crippen molar-refractivity contribution in [2.45, 2.75) is 31.7 Å². The smallest absolute Gasteiger partial charge is 0.227 e. The average molecular weight is 283 g/mol. The summed E-state index contributed by atoms with van der Waals surface area (Å²) in [5, 5.41) is 7.46. The molecule has 21 heavy (non-hydrogen) atoms. The zero-order chi connectivity index (χ0) is 14.1. The van der Waals surface area contributed by atoms with Gasteiger partial charge in [0.15, 0.2) is 5.82 Å². The van der Waals surface area contributed by atoms with Gasteiger partial charge in [-0.1, -0.05) is 17.3 Å². The summed E-state index contributed by atoms with van der Waals surface area (Å²) in [4.78, 5) is 12.2. The van der Waals surface area contributed by atoms with Crippen molar-refractivity contribution in [2.24, 2.45) is 0 Å². The number of hydrogen-bond acceptors (Lipinski definition) is 5. The first-order valence-electron chi connectivity index (χ1n) is 7.35. The molecule has 2 heterocycles. The molecule has 3 aromatic rings. The molecule has 4 rings (SSSR count). The lowest BCUT2D eigenvalue weighted by atomic mass is 10.3. The van der Waals surface area contributed by atoms with Crippen LogP contribution >= 0.6 is 0 Å². The van der Waals surface area contributed by atoms with E-state index >= 15 is 0 Å². The summed E-state index contributed by atoms with van der Waals surface area (Å²) in [7, 11) is 0. The van der Waals surface area contributed by atoms with Gasteiger partial charge in [-0.05, 0) is 25.0 Å². The van der Waals surface area contributed by atoms with E-state index in [1.807, 2.05) is 24.3 Å². The third-order valence-corrected chi connectivity index (χ3v) is 3.62. The maximum absolute atomic E-state index is 5.27. The van der Waals surface area contributed by atoms with Crippen molar-refractivity contribution in [1.82, 2.24) is 25.4 Å². The van der Waals surface area contributed by atoms with Gasteiger partial charge in [0.2, 0.25) is 5.89 Å². The second-order valence-electron chi connectivity index (χ2n) is 5.46. The summed E-state index contributed by atoms with van der Waals surface area (Å²) < 4.78 is 5.27. The standard InChI is InChI=1S/C15H17N5O/c1-2-4-12-11(3-1)17-13(18-12)9-14-19-15(21-20-14)7-8-16-10-5-6-10/h1-4,10,16H,5-9H2,(H,17,18). The fourth-order valence-electron chi connectivity index (χ4n) is 2.37. The van der Waals surface area contributed by atoms with Crippen LogP contribution < -0.4 is 5.32 Å². The molecule has 0 spiro atoms. The zero-order valence-electron chi connectivity index (χ0n) is 11.7. The Balaban J connectivity index is 1.40. The van der Waals surface area contributed by atoms with E-state index in [-0.39, 0.29) is 0 Å². The number of H-pyrrole nitrogens is 1. The lowest BCUT2D eigenvalue weighted by Gasteiger charge is -1.97. The van der Waals surface area contributed by atoms with Crippen LogP contribution in [0.3, 0.4) is 0 Å². The fourth-order valence-corrected chi connectivity index (χ4v) is 2.37. The fraction of sp³-hybridized carbons (Fsp3) is 0.400. The molecule has 0 amide bonds. The Kier molecular flexibility index (Phi) is 3.16. The number of hydrogen-bond donors (Lipinski definition) is 2. The van der Waals surface area contributed by atoms with Crippen LogP contribution in [-0.2, 0) is 12.8 Å². The SMILES string of the molecule is c1ccc2[nH]c(Cc3noc(CCNC4CC4)n3)nc2c1. The van der Waals surface area contributed by atoms with Gasteiger partial charge < -0.3 is 14.8 Å². The third kappa shape index (κ3) is 2.95. The van der Waals surface area contributed by atoms with Crippen molar-refractivity contribution in [3.05, 3.63) is 41.8 Å². The highest BCUT2D eigenvalue weighted by molar-refractivity contribution is 5.74. The number of rotatable bonds is 6. The first kappa shape index (κ1) is 12.5. The number of imidazole rings is 1. The summed E-state index contributed by atoms with van der Waals surface area (Å²) in [6.07, 6.45) is 3.93. The minimum atomic E-state index is 0.564. The van der Waals surface area contributed by atoms with Crippen LogP contribution in [0.2, 0.25) is 0 Å². The number of para-hydroxylation sites is 2. The lowest BCUT2D eigenvalue weighted by molar-refractivity contribution is 0.371. The number of nitrogens with zero attached hydrogens (tertiary/aromatic N) is 3. The minimum Gasteiger partial charge on any atom is -0.342 e. The monoisotopic (exact) mass is 283 g/mol. The van der Waals surface area contributed by atoms with E-state index in [0.717, 1.165) is 29.8 Å². The summed E-state index contributed by atoms with van der Waals surface area (Å²) in [5.74, 6) is 2.23. The molecular weight excluding hydrogens is 266 g/mol. The molecule has 0 aliphatic heterocycles. The quantitative estimate of drug-likeness (QED) is 0.721. The molecule has 1 aliphatic carbocycles. The van der Waals surface area contributed by atoms with Crippen molar-refractivity contribution in [1.29, 1.82) is 0 Å². The van der Waals surface area contributed by atoms with Gasteiger partial charge in [-0.2, -0.15) is 4.98 Å². The van der Waals surface area contributed by atoms with Crippen LogP contribution in [0.5, 0.6) is 0 Å². The highest BCUT2D eigenvalue weighted by Crippen LogP contribution is 2.18. The van der Waals surface area contributed by atoms with Crippen molar-refractivity contribution in [3.8, 4) is 0 Å². The molecule has 2 aromatic heterocycles. The number of aromatic amines is 1. The average Bonchev–Trinajstić information content (AvgIpc) is 3.06. The predicted octanol–water partition coefficient (Wildman–Crippen LogP) is 1.83. The normalized spacial score (nSPS) is 14.9. The molecule has 0 bridgehead atoms. The Bertz CT molecular complexity index is 710. The third-order valence-electron chi connectivity index (χ3n) is 3.62. The van der Waals surface area contributed by atoms with Crippen LogP contribution in [0.25, 0.3) is 11.0 Å². The number of benzene rings is 1. The van der Waals surface area contributed by atoms with E-state index in [9.17, 15) is 0 Å². The molecule has 6 heteroatoms. The van der Waals surface area contributed by atoms with Crippen LogP contribution in [0.1, 0.15) is 30.4 Å². The molecule has 1 fully saturated rings. The Labute approximate surface area is 122 Å². The largest absolute Gasteiger partial charge is 0.342 e. The zero-order valence-corrected chi connectivity index (χ0v) is 11.7. The van der Waals surface area contributed by atoms with Crippen molar-refractivity contribution in [2.75, 3.05) is 6.54 Å². The van der Waals surface area contributed by atoms with Gasteiger partial charge in [-0.25, -0.2) is 4.98 Å². The van der Waals surface area contributed by atoms with E-state index in [1.54, 1.807) is 0 Å². The first-order valence-corrected chi connectivity index (χ1v) is 7.35. The molecular formula is C15H17N5O. The highest BCUT2D eigenvalue weighted by atomic mass is 16.5. The summed E-state index contributed by atoms with van der Waals surface area (Å²) in [5.41, 5.74) is 2.00. The van der Waals surface area contributed by atoms with Gasteiger partial charge in [0.25, 0.3) is 0 Å². The van der Waals surface area contributed by atoms with Gasteiger partial charge in [0.1, 0.15) is 5.82 Å². The summed E-state index contributed by atoms with van der Waals surface area (Å²) in [6.45, 7) is 0.900. The molecule has 2 N–H and O–H groups in total. The minimum absolute atomic E-state index is 0.564. The van der Waals surface area contributed by atoms with E-state index in [4.69, 9.17) is 4.52 Å². The topological polar surface area (TPSA) is 79.6 Å². The van der Waals surface area contributed by atoms with Gasteiger partial charge in [0.05, 0.1) is 17.5 Å². The summed E-state index contributed by atoms with van der Waals surface area (Å²) in [6, 6.07) is 8.68. The van der Waals surface area contributed by atoms with Crippen molar-refractivity contribution < 1.29 is 4.52 Å². The van der Waals surface area contributed by atoms with Crippen LogP contribution in [0.4, 0.5) is 0 Å². The first-order chi connectivity index (χ1) is 10.4. The maximum Gasteiger partial charge on any atom is 0.227 e. The number of nitrogens with one attached hydrogen (secondary N) is 2. The van der Waals surface area contributed by atoms with Gasteiger partial charge in [-0.15, -0.1) is 0 Å². The molecule has 0 atom stereocenters. The molecule has 0 radical (unpaired) electrons.